The predicted molar refractivity (Wildman–Crippen MR) is 91.4 cm³/mol. The molecular weight excluding hydrogens is 327 g/mol. The molecule has 5 heteroatoms. The van der Waals surface area contributed by atoms with Crippen LogP contribution >= 0.6 is 11.6 Å². The molecule has 1 heterocycles. The normalized spacial score (nSPS) is 11.8. The number of carbonyl (C=O) groups is 1. The topological polar surface area (TPSA) is 42.0 Å². The number of amides is 1. The third-order valence-corrected chi connectivity index (χ3v) is 3.94. The summed E-state index contributed by atoms with van der Waals surface area (Å²) in [5.41, 5.74) is 2.05. The van der Waals surface area contributed by atoms with E-state index in [-0.39, 0.29) is 22.5 Å². The smallest absolute Gasteiger partial charge is 0.253 e. The fourth-order valence-electron chi connectivity index (χ4n) is 2.44. The molecule has 1 N–H and O–H groups in total. The minimum absolute atomic E-state index is 0.0778. The number of carbonyl (C=O) groups excluding carboxylic acids is 1. The van der Waals surface area contributed by atoms with Gasteiger partial charge in [-0.3, -0.25) is 9.78 Å². The first-order valence-corrected chi connectivity index (χ1v) is 7.74. The van der Waals surface area contributed by atoms with Crippen molar-refractivity contribution in [2.45, 2.75) is 6.04 Å². The van der Waals surface area contributed by atoms with Crippen molar-refractivity contribution in [2.75, 3.05) is 0 Å². The molecule has 1 amide bonds. The summed E-state index contributed by atoms with van der Waals surface area (Å²) in [6.07, 6.45) is 3.34. The molecule has 120 valence electrons. The summed E-state index contributed by atoms with van der Waals surface area (Å²) in [6.45, 7) is 0. The molecule has 3 rings (SSSR count). The number of benzene rings is 2. The Labute approximate surface area is 144 Å². The Hall–Kier alpha value is -2.72. The lowest BCUT2D eigenvalue weighted by Gasteiger charge is -2.20. The SMILES string of the molecule is O=C(N[C@@H](c1ccccc1)c1ccncc1)c1ccc(F)cc1Cl. The zero-order chi connectivity index (χ0) is 16.9. The second-order valence-corrected chi connectivity index (χ2v) is 5.63. The number of pyridine rings is 1. The van der Waals surface area contributed by atoms with Crippen LogP contribution in [-0.4, -0.2) is 10.9 Å². The van der Waals surface area contributed by atoms with Gasteiger partial charge in [0.25, 0.3) is 5.91 Å². The lowest BCUT2D eigenvalue weighted by Crippen LogP contribution is -2.29. The summed E-state index contributed by atoms with van der Waals surface area (Å²) >= 11 is 5.99. The first kappa shape index (κ1) is 16.1. The molecule has 3 nitrogen and oxygen atoms in total. The quantitative estimate of drug-likeness (QED) is 0.765. The van der Waals surface area contributed by atoms with Crippen molar-refractivity contribution in [1.82, 2.24) is 10.3 Å². The fourth-order valence-corrected chi connectivity index (χ4v) is 2.70. The Balaban J connectivity index is 1.94. The summed E-state index contributed by atoms with van der Waals surface area (Å²) in [4.78, 5) is 16.6. The van der Waals surface area contributed by atoms with E-state index in [1.54, 1.807) is 12.4 Å². The van der Waals surface area contributed by atoms with Gasteiger partial charge in [0, 0.05) is 12.4 Å². The van der Waals surface area contributed by atoms with Crippen molar-refractivity contribution < 1.29 is 9.18 Å². The van der Waals surface area contributed by atoms with Crippen LogP contribution in [-0.2, 0) is 0 Å². The largest absolute Gasteiger partial charge is 0.341 e. The minimum Gasteiger partial charge on any atom is -0.341 e. The van der Waals surface area contributed by atoms with Crippen molar-refractivity contribution in [1.29, 1.82) is 0 Å². The van der Waals surface area contributed by atoms with Gasteiger partial charge in [-0.25, -0.2) is 4.39 Å². The van der Waals surface area contributed by atoms with Crippen LogP contribution < -0.4 is 5.32 Å². The van der Waals surface area contributed by atoms with Crippen LogP contribution in [0.4, 0.5) is 4.39 Å². The van der Waals surface area contributed by atoms with Crippen LogP contribution in [0.2, 0.25) is 5.02 Å². The highest BCUT2D eigenvalue weighted by molar-refractivity contribution is 6.33. The number of aromatic nitrogens is 1. The molecule has 0 bridgehead atoms. The highest BCUT2D eigenvalue weighted by Gasteiger charge is 2.19. The predicted octanol–water partition coefficient (Wildman–Crippen LogP) is 4.39. The number of hydrogen-bond acceptors (Lipinski definition) is 2. The molecule has 3 aromatic rings. The molecule has 0 aliphatic carbocycles. The van der Waals surface area contributed by atoms with Crippen molar-refractivity contribution in [3.8, 4) is 0 Å². The zero-order valence-electron chi connectivity index (χ0n) is 12.6. The Kier molecular flexibility index (Phi) is 4.87. The zero-order valence-corrected chi connectivity index (χ0v) is 13.4. The second-order valence-electron chi connectivity index (χ2n) is 5.22. The van der Waals surface area contributed by atoms with Crippen LogP contribution in [0.3, 0.4) is 0 Å². The van der Waals surface area contributed by atoms with E-state index in [9.17, 15) is 9.18 Å². The first-order chi connectivity index (χ1) is 11.6. The summed E-state index contributed by atoms with van der Waals surface area (Å²) < 4.78 is 13.2. The Morgan fingerprint density at radius 2 is 1.67 bits per heavy atom. The molecule has 1 atom stereocenters. The molecule has 0 aliphatic heterocycles. The van der Waals surface area contributed by atoms with Gasteiger partial charge in [0.15, 0.2) is 0 Å². The number of hydrogen-bond donors (Lipinski definition) is 1. The molecule has 0 radical (unpaired) electrons. The fraction of sp³-hybridized carbons (Fsp3) is 0.0526. The summed E-state index contributed by atoms with van der Waals surface area (Å²) in [5, 5.41) is 3.03. The van der Waals surface area contributed by atoms with E-state index in [1.165, 1.54) is 12.1 Å². The Morgan fingerprint density at radius 1 is 1.00 bits per heavy atom. The molecule has 0 saturated carbocycles. The monoisotopic (exact) mass is 340 g/mol. The lowest BCUT2D eigenvalue weighted by atomic mass is 9.99. The van der Waals surface area contributed by atoms with Crippen molar-refractivity contribution >= 4 is 17.5 Å². The van der Waals surface area contributed by atoms with Crippen LogP contribution in [0.1, 0.15) is 27.5 Å². The molecule has 0 unspecified atom stereocenters. The van der Waals surface area contributed by atoms with Crippen LogP contribution in [0.5, 0.6) is 0 Å². The van der Waals surface area contributed by atoms with Crippen molar-refractivity contribution in [3.05, 3.63) is 101 Å². The van der Waals surface area contributed by atoms with E-state index in [1.807, 2.05) is 42.5 Å². The Bertz CT molecular complexity index is 801. The van der Waals surface area contributed by atoms with E-state index in [0.717, 1.165) is 17.2 Å². The third-order valence-electron chi connectivity index (χ3n) is 3.62. The van der Waals surface area contributed by atoms with Gasteiger partial charge in [0.2, 0.25) is 0 Å². The molecule has 2 aromatic carbocycles. The number of rotatable bonds is 4. The average Bonchev–Trinajstić information content (AvgIpc) is 2.61. The maximum Gasteiger partial charge on any atom is 0.253 e. The lowest BCUT2D eigenvalue weighted by molar-refractivity contribution is 0.0943. The third kappa shape index (κ3) is 3.60. The van der Waals surface area contributed by atoms with Gasteiger partial charge in [-0.2, -0.15) is 0 Å². The summed E-state index contributed by atoms with van der Waals surface area (Å²) in [6, 6.07) is 16.6. The van der Waals surface area contributed by atoms with Crippen LogP contribution in [0, 0.1) is 5.82 Å². The number of halogens is 2. The summed E-state index contributed by atoms with van der Waals surface area (Å²) in [5.74, 6) is -0.851. The van der Waals surface area contributed by atoms with Crippen molar-refractivity contribution in [3.63, 3.8) is 0 Å². The van der Waals surface area contributed by atoms with E-state index in [2.05, 4.69) is 10.3 Å². The maximum absolute atomic E-state index is 13.2. The molecule has 0 aliphatic rings. The highest BCUT2D eigenvalue weighted by atomic mass is 35.5. The summed E-state index contributed by atoms with van der Waals surface area (Å²) in [7, 11) is 0. The second kappa shape index (κ2) is 7.23. The standard InChI is InChI=1S/C19H14ClFN2O/c20-17-12-15(21)6-7-16(17)19(24)23-18(13-4-2-1-3-5-13)14-8-10-22-11-9-14/h1-12,18H,(H,23,24)/t18-/m0/s1. The van der Waals surface area contributed by atoms with E-state index in [4.69, 9.17) is 11.6 Å². The van der Waals surface area contributed by atoms with E-state index >= 15 is 0 Å². The molecular formula is C19H14ClFN2O. The van der Waals surface area contributed by atoms with Gasteiger partial charge in [-0.15, -0.1) is 0 Å². The van der Waals surface area contributed by atoms with Gasteiger partial charge >= 0.3 is 0 Å². The van der Waals surface area contributed by atoms with Crippen LogP contribution in [0.15, 0.2) is 73.1 Å². The first-order valence-electron chi connectivity index (χ1n) is 7.36. The molecule has 0 spiro atoms. The van der Waals surface area contributed by atoms with Crippen molar-refractivity contribution in [2.24, 2.45) is 0 Å². The molecule has 1 aromatic heterocycles. The maximum atomic E-state index is 13.2. The van der Waals surface area contributed by atoms with Gasteiger partial charge in [0.1, 0.15) is 5.82 Å². The number of nitrogens with one attached hydrogen (secondary N) is 1. The Morgan fingerprint density at radius 3 is 2.33 bits per heavy atom. The molecule has 0 fully saturated rings. The van der Waals surface area contributed by atoms with Gasteiger partial charge < -0.3 is 5.32 Å². The van der Waals surface area contributed by atoms with Gasteiger partial charge in [-0.05, 0) is 41.5 Å². The minimum atomic E-state index is -0.481. The average molecular weight is 341 g/mol. The van der Waals surface area contributed by atoms with Crippen LogP contribution in [0.25, 0.3) is 0 Å². The number of nitrogens with zero attached hydrogens (tertiary/aromatic N) is 1. The highest BCUT2D eigenvalue weighted by Crippen LogP contribution is 2.23. The van der Waals surface area contributed by atoms with E-state index < -0.39 is 5.82 Å². The van der Waals surface area contributed by atoms with Gasteiger partial charge in [-0.1, -0.05) is 41.9 Å². The van der Waals surface area contributed by atoms with Gasteiger partial charge in [0.05, 0.1) is 16.6 Å². The van der Waals surface area contributed by atoms with E-state index in [0.29, 0.717) is 0 Å². The molecule has 0 saturated heterocycles. The molecule has 24 heavy (non-hydrogen) atoms.